The van der Waals surface area contributed by atoms with Gasteiger partial charge in [-0.3, -0.25) is 4.90 Å². The van der Waals surface area contributed by atoms with Gasteiger partial charge in [-0.1, -0.05) is 0 Å². The van der Waals surface area contributed by atoms with Crippen LogP contribution in [0.2, 0.25) is 0 Å². The third-order valence-corrected chi connectivity index (χ3v) is 4.03. The van der Waals surface area contributed by atoms with Gasteiger partial charge in [-0.2, -0.15) is 0 Å². The number of fused-ring (bicyclic) bond motifs is 1. The van der Waals surface area contributed by atoms with Gasteiger partial charge in [-0.15, -0.1) is 0 Å². The molecule has 1 amide bonds. The number of nitrogens with zero attached hydrogens (tertiary/aromatic N) is 1. The van der Waals surface area contributed by atoms with Gasteiger partial charge in [0.25, 0.3) is 0 Å². The molecular formula is C15H29N3O2. The maximum Gasteiger partial charge on any atom is 0.407 e. The molecule has 0 saturated carbocycles. The van der Waals surface area contributed by atoms with Crippen molar-refractivity contribution in [2.24, 2.45) is 0 Å². The number of hydrogen-bond acceptors (Lipinski definition) is 4. The minimum Gasteiger partial charge on any atom is -0.444 e. The molecule has 0 aromatic carbocycles. The van der Waals surface area contributed by atoms with Gasteiger partial charge in [0.1, 0.15) is 5.60 Å². The van der Waals surface area contributed by atoms with Crippen molar-refractivity contribution in [3.63, 3.8) is 0 Å². The van der Waals surface area contributed by atoms with Crippen molar-refractivity contribution in [1.82, 2.24) is 15.5 Å². The Morgan fingerprint density at radius 2 is 2.05 bits per heavy atom. The quantitative estimate of drug-likeness (QED) is 0.755. The van der Waals surface area contributed by atoms with Crippen molar-refractivity contribution < 1.29 is 9.53 Å². The lowest BCUT2D eigenvalue weighted by Gasteiger charge is -2.21. The van der Waals surface area contributed by atoms with Gasteiger partial charge >= 0.3 is 6.09 Å². The standard InChI is InChI=1S/C15H29N3O2/c1-15(2,3)20-14(19)17-9-5-8-16-12-7-11-18-10-4-6-13(12)18/h12-13,16H,4-11H2,1-3H3,(H,17,19). The topological polar surface area (TPSA) is 53.6 Å². The minimum atomic E-state index is -0.419. The number of carbonyl (C=O) groups excluding carboxylic acids is 1. The Hall–Kier alpha value is -0.810. The summed E-state index contributed by atoms with van der Waals surface area (Å²) in [6, 6.07) is 1.41. The monoisotopic (exact) mass is 283 g/mol. The van der Waals surface area contributed by atoms with Crippen LogP contribution in [0.4, 0.5) is 4.79 Å². The van der Waals surface area contributed by atoms with Gasteiger partial charge in [0.15, 0.2) is 0 Å². The molecule has 5 heteroatoms. The maximum atomic E-state index is 11.5. The fourth-order valence-corrected chi connectivity index (χ4v) is 3.20. The van der Waals surface area contributed by atoms with E-state index in [0.717, 1.165) is 19.0 Å². The second-order valence-electron chi connectivity index (χ2n) is 6.88. The summed E-state index contributed by atoms with van der Waals surface area (Å²) in [6.07, 6.45) is 4.59. The van der Waals surface area contributed by atoms with E-state index in [0.29, 0.717) is 12.6 Å². The Labute approximate surface area is 122 Å². The largest absolute Gasteiger partial charge is 0.444 e. The highest BCUT2D eigenvalue weighted by atomic mass is 16.6. The molecule has 0 bridgehead atoms. The summed E-state index contributed by atoms with van der Waals surface area (Å²) in [5, 5.41) is 6.44. The summed E-state index contributed by atoms with van der Waals surface area (Å²) in [4.78, 5) is 14.1. The van der Waals surface area contributed by atoms with Gasteiger partial charge in [0.05, 0.1) is 0 Å². The van der Waals surface area contributed by atoms with E-state index < -0.39 is 5.60 Å². The smallest absolute Gasteiger partial charge is 0.407 e. The Morgan fingerprint density at radius 3 is 2.80 bits per heavy atom. The first kappa shape index (κ1) is 15.6. The molecule has 0 aromatic heterocycles. The van der Waals surface area contributed by atoms with Crippen LogP contribution in [0, 0.1) is 0 Å². The number of nitrogens with one attached hydrogen (secondary N) is 2. The van der Waals surface area contributed by atoms with Crippen LogP contribution in [0.5, 0.6) is 0 Å². The van der Waals surface area contributed by atoms with Crippen LogP contribution >= 0.6 is 0 Å². The third-order valence-electron chi connectivity index (χ3n) is 4.03. The van der Waals surface area contributed by atoms with Gasteiger partial charge in [0.2, 0.25) is 0 Å². The second-order valence-corrected chi connectivity index (χ2v) is 6.88. The molecule has 2 heterocycles. The highest BCUT2D eigenvalue weighted by molar-refractivity contribution is 5.67. The van der Waals surface area contributed by atoms with E-state index in [4.69, 9.17) is 4.74 Å². The molecule has 20 heavy (non-hydrogen) atoms. The summed E-state index contributed by atoms with van der Waals surface area (Å²) < 4.78 is 5.20. The molecule has 0 aliphatic carbocycles. The highest BCUT2D eigenvalue weighted by Gasteiger charge is 2.36. The molecule has 2 rings (SSSR count). The first-order chi connectivity index (χ1) is 9.46. The zero-order valence-electron chi connectivity index (χ0n) is 13.1. The molecule has 116 valence electrons. The number of amides is 1. The Kier molecular flexibility index (Phi) is 5.27. The average molecular weight is 283 g/mol. The third kappa shape index (κ3) is 4.63. The average Bonchev–Trinajstić information content (AvgIpc) is 2.90. The van der Waals surface area contributed by atoms with Crippen LogP contribution in [-0.4, -0.2) is 54.9 Å². The van der Waals surface area contributed by atoms with E-state index in [1.165, 1.54) is 32.4 Å². The van der Waals surface area contributed by atoms with E-state index in [9.17, 15) is 4.79 Å². The molecule has 2 saturated heterocycles. The van der Waals surface area contributed by atoms with Crippen molar-refractivity contribution in [3.05, 3.63) is 0 Å². The van der Waals surface area contributed by atoms with E-state index in [2.05, 4.69) is 15.5 Å². The lowest BCUT2D eigenvalue weighted by molar-refractivity contribution is 0.0527. The molecule has 0 radical (unpaired) electrons. The van der Waals surface area contributed by atoms with E-state index in [1.807, 2.05) is 20.8 Å². The molecule has 2 fully saturated rings. The molecule has 2 aliphatic rings. The molecule has 0 aromatic rings. The molecule has 2 aliphatic heterocycles. The van der Waals surface area contributed by atoms with Gasteiger partial charge in [-0.25, -0.2) is 4.79 Å². The number of rotatable bonds is 5. The van der Waals surface area contributed by atoms with E-state index >= 15 is 0 Å². The van der Waals surface area contributed by atoms with Crippen LogP contribution in [0.1, 0.15) is 46.5 Å². The predicted molar refractivity (Wildman–Crippen MR) is 79.9 cm³/mol. The summed E-state index contributed by atoms with van der Waals surface area (Å²) in [5.74, 6) is 0. The van der Waals surface area contributed by atoms with Gasteiger partial charge in [-0.05, 0) is 59.5 Å². The molecule has 5 nitrogen and oxygen atoms in total. The summed E-state index contributed by atoms with van der Waals surface area (Å²) in [6.45, 7) is 9.79. The molecule has 2 N–H and O–H groups in total. The van der Waals surface area contributed by atoms with Crippen molar-refractivity contribution in [1.29, 1.82) is 0 Å². The van der Waals surface area contributed by atoms with Gasteiger partial charge < -0.3 is 15.4 Å². The first-order valence-electron chi connectivity index (χ1n) is 7.90. The van der Waals surface area contributed by atoms with Crippen LogP contribution < -0.4 is 10.6 Å². The lowest BCUT2D eigenvalue weighted by Crippen LogP contribution is -2.40. The van der Waals surface area contributed by atoms with Crippen LogP contribution in [0.25, 0.3) is 0 Å². The van der Waals surface area contributed by atoms with Crippen LogP contribution in [0.15, 0.2) is 0 Å². The number of hydrogen-bond donors (Lipinski definition) is 2. The van der Waals surface area contributed by atoms with Crippen LogP contribution in [0.3, 0.4) is 0 Å². The van der Waals surface area contributed by atoms with Gasteiger partial charge in [0, 0.05) is 25.2 Å². The Morgan fingerprint density at radius 1 is 1.25 bits per heavy atom. The summed E-state index contributed by atoms with van der Waals surface area (Å²) >= 11 is 0. The van der Waals surface area contributed by atoms with Crippen LogP contribution in [-0.2, 0) is 4.74 Å². The predicted octanol–water partition coefficient (Wildman–Crippen LogP) is 1.73. The highest BCUT2D eigenvalue weighted by Crippen LogP contribution is 2.27. The number of alkyl carbamates (subject to hydrolysis) is 1. The maximum absolute atomic E-state index is 11.5. The van der Waals surface area contributed by atoms with Crippen molar-refractivity contribution in [3.8, 4) is 0 Å². The fraction of sp³-hybridized carbons (Fsp3) is 0.933. The normalized spacial score (nSPS) is 26.6. The molecule has 2 unspecified atom stereocenters. The lowest BCUT2D eigenvalue weighted by atomic mass is 10.1. The SMILES string of the molecule is CC(C)(C)OC(=O)NCCCNC1CCN2CCCC12. The Balaban J connectivity index is 1.53. The fourth-order valence-electron chi connectivity index (χ4n) is 3.20. The van der Waals surface area contributed by atoms with Crippen molar-refractivity contribution in [2.45, 2.75) is 64.1 Å². The summed E-state index contributed by atoms with van der Waals surface area (Å²) in [7, 11) is 0. The molecule has 2 atom stereocenters. The zero-order chi connectivity index (χ0) is 14.6. The number of ether oxygens (including phenoxy) is 1. The number of carbonyl (C=O) groups is 1. The van der Waals surface area contributed by atoms with Crippen molar-refractivity contribution >= 4 is 6.09 Å². The van der Waals surface area contributed by atoms with E-state index in [-0.39, 0.29) is 6.09 Å². The van der Waals surface area contributed by atoms with E-state index in [1.54, 1.807) is 0 Å². The first-order valence-corrected chi connectivity index (χ1v) is 7.90. The summed E-state index contributed by atoms with van der Waals surface area (Å²) in [5.41, 5.74) is -0.419. The zero-order valence-corrected chi connectivity index (χ0v) is 13.1. The molecule has 0 spiro atoms. The Bertz CT molecular complexity index is 328. The minimum absolute atomic E-state index is 0.319. The van der Waals surface area contributed by atoms with Crippen molar-refractivity contribution in [2.75, 3.05) is 26.2 Å². The molecular weight excluding hydrogens is 254 g/mol. The second kappa shape index (κ2) is 6.76.